The first-order valence-corrected chi connectivity index (χ1v) is 6.98. The van der Waals surface area contributed by atoms with Gasteiger partial charge in [0.15, 0.2) is 11.6 Å². The van der Waals surface area contributed by atoms with Crippen LogP contribution in [0.1, 0.15) is 26.3 Å². The fourth-order valence-corrected chi connectivity index (χ4v) is 2.09. The van der Waals surface area contributed by atoms with Gasteiger partial charge in [0, 0.05) is 13.7 Å². The van der Waals surface area contributed by atoms with Crippen molar-refractivity contribution in [2.45, 2.75) is 27.2 Å². The van der Waals surface area contributed by atoms with Crippen molar-refractivity contribution in [3.8, 4) is 0 Å². The highest BCUT2D eigenvalue weighted by atomic mass is 19.2. The van der Waals surface area contributed by atoms with Crippen molar-refractivity contribution >= 4 is 0 Å². The van der Waals surface area contributed by atoms with Crippen LogP contribution in [0, 0.1) is 23.0 Å². The molecule has 1 atom stereocenters. The summed E-state index contributed by atoms with van der Waals surface area (Å²) in [7, 11) is 1.67. The summed E-state index contributed by atoms with van der Waals surface area (Å²) < 4.78 is 31.2. The van der Waals surface area contributed by atoms with Gasteiger partial charge in [-0.15, -0.1) is 0 Å². The summed E-state index contributed by atoms with van der Waals surface area (Å²) in [5.41, 5.74) is 0.919. The van der Waals surface area contributed by atoms with Crippen LogP contribution in [0.3, 0.4) is 0 Å². The van der Waals surface area contributed by atoms with Gasteiger partial charge in [-0.25, -0.2) is 8.78 Å². The molecule has 1 unspecified atom stereocenters. The van der Waals surface area contributed by atoms with E-state index in [1.165, 1.54) is 12.1 Å². The van der Waals surface area contributed by atoms with E-state index >= 15 is 0 Å². The fourth-order valence-electron chi connectivity index (χ4n) is 2.09. The van der Waals surface area contributed by atoms with Crippen LogP contribution >= 0.6 is 0 Å². The van der Waals surface area contributed by atoms with Crippen LogP contribution < -0.4 is 5.32 Å². The maximum absolute atomic E-state index is 13.3. The molecule has 1 aromatic carbocycles. The summed E-state index contributed by atoms with van der Waals surface area (Å²) in [6.45, 7) is 8.77. The molecule has 0 aromatic heterocycles. The van der Waals surface area contributed by atoms with E-state index in [4.69, 9.17) is 4.74 Å². The Balaban J connectivity index is 2.66. The number of hydrogen-bond donors (Lipinski definition) is 1. The van der Waals surface area contributed by atoms with Crippen molar-refractivity contribution in [1.82, 2.24) is 5.32 Å². The molecule has 114 valence electrons. The zero-order valence-corrected chi connectivity index (χ0v) is 12.8. The van der Waals surface area contributed by atoms with E-state index in [1.807, 2.05) is 0 Å². The van der Waals surface area contributed by atoms with E-state index in [0.717, 1.165) is 25.1 Å². The number of methoxy groups -OCH3 is 1. The highest BCUT2D eigenvalue weighted by Crippen LogP contribution is 2.29. The van der Waals surface area contributed by atoms with E-state index in [-0.39, 0.29) is 5.41 Å². The van der Waals surface area contributed by atoms with E-state index in [2.05, 4.69) is 26.1 Å². The van der Waals surface area contributed by atoms with Gasteiger partial charge in [0.25, 0.3) is 0 Å². The van der Waals surface area contributed by atoms with Crippen LogP contribution in [0.4, 0.5) is 8.78 Å². The molecule has 0 fully saturated rings. The molecule has 0 aliphatic heterocycles. The van der Waals surface area contributed by atoms with Gasteiger partial charge in [-0.2, -0.15) is 0 Å². The first-order chi connectivity index (χ1) is 9.34. The summed E-state index contributed by atoms with van der Waals surface area (Å²) in [5, 5.41) is 3.35. The number of nitrogens with one attached hydrogen (secondary N) is 1. The molecule has 0 aliphatic carbocycles. The van der Waals surface area contributed by atoms with Crippen LogP contribution in [0.15, 0.2) is 18.2 Å². The molecular weight excluding hydrogens is 260 g/mol. The van der Waals surface area contributed by atoms with Crippen molar-refractivity contribution in [2.75, 3.05) is 26.8 Å². The second-order valence-corrected chi connectivity index (χ2v) is 6.21. The second kappa shape index (κ2) is 7.70. The fraction of sp³-hybridized carbons (Fsp3) is 0.625. The largest absolute Gasteiger partial charge is 0.383 e. The van der Waals surface area contributed by atoms with Crippen LogP contribution in [0.25, 0.3) is 0 Å². The molecule has 0 saturated heterocycles. The number of hydrogen-bond acceptors (Lipinski definition) is 2. The van der Waals surface area contributed by atoms with Crippen molar-refractivity contribution in [1.29, 1.82) is 0 Å². The zero-order valence-electron chi connectivity index (χ0n) is 12.8. The lowest BCUT2D eigenvalue weighted by atomic mass is 9.77. The van der Waals surface area contributed by atoms with Gasteiger partial charge in [0.05, 0.1) is 6.61 Å². The Kier molecular flexibility index (Phi) is 6.56. The Morgan fingerprint density at radius 2 is 1.90 bits per heavy atom. The normalized spacial score (nSPS) is 13.5. The highest BCUT2D eigenvalue weighted by molar-refractivity contribution is 5.18. The molecule has 1 N–H and O–H groups in total. The summed E-state index contributed by atoms with van der Waals surface area (Å²) >= 11 is 0. The van der Waals surface area contributed by atoms with Gasteiger partial charge in [-0.1, -0.05) is 26.8 Å². The van der Waals surface area contributed by atoms with Crippen molar-refractivity contribution in [3.63, 3.8) is 0 Å². The number of rotatable bonds is 7. The molecule has 20 heavy (non-hydrogen) atoms. The van der Waals surface area contributed by atoms with E-state index in [1.54, 1.807) is 13.2 Å². The van der Waals surface area contributed by atoms with Gasteiger partial charge in [-0.3, -0.25) is 0 Å². The minimum atomic E-state index is -0.792. The second-order valence-electron chi connectivity index (χ2n) is 6.21. The van der Waals surface area contributed by atoms with Crippen LogP contribution in [-0.4, -0.2) is 26.8 Å². The van der Waals surface area contributed by atoms with Gasteiger partial charge >= 0.3 is 0 Å². The Bertz CT molecular complexity index is 415. The van der Waals surface area contributed by atoms with Crippen molar-refractivity contribution < 1.29 is 13.5 Å². The third-order valence-corrected chi connectivity index (χ3v) is 3.56. The average Bonchev–Trinajstić information content (AvgIpc) is 2.36. The summed E-state index contributed by atoms with van der Waals surface area (Å²) in [6.07, 6.45) is 0.723. The molecule has 1 rings (SSSR count). The zero-order chi connectivity index (χ0) is 15.2. The molecular formula is C16H25F2NO. The highest BCUT2D eigenvalue weighted by Gasteiger charge is 2.24. The Hall–Kier alpha value is -1.00. The van der Waals surface area contributed by atoms with E-state index in [9.17, 15) is 8.78 Å². The first kappa shape index (κ1) is 17.1. The van der Waals surface area contributed by atoms with E-state index < -0.39 is 11.6 Å². The summed E-state index contributed by atoms with van der Waals surface area (Å²) in [4.78, 5) is 0. The lowest BCUT2D eigenvalue weighted by molar-refractivity contribution is 0.186. The minimum absolute atomic E-state index is 0.0882. The van der Waals surface area contributed by atoms with Crippen LogP contribution in [0.5, 0.6) is 0 Å². The standard InChI is InChI=1S/C16H25F2NO/c1-16(2,3)13(11-19-7-8-20-4)9-12-5-6-14(17)15(18)10-12/h5-6,10,13,19H,7-9,11H2,1-4H3. The quantitative estimate of drug-likeness (QED) is 0.775. The van der Waals surface area contributed by atoms with Gasteiger partial charge < -0.3 is 10.1 Å². The van der Waals surface area contributed by atoms with Crippen molar-refractivity contribution in [2.24, 2.45) is 11.3 Å². The van der Waals surface area contributed by atoms with Gasteiger partial charge in [-0.05, 0) is 42.0 Å². The van der Waals surface area contributed by atoms with Gasteiger partial charge in [0.2, 0.25) is 0 Å². The molecule has 0 aliphatic rings. The topological polar surface area (TPSA) is 21.3 Å². The lowest BCUT2D eigenvalue weighted by Crippen LogP contribution is -2.34. The third kappa shape index (κ3) is 5.55. The Labute approximate surface area is 120 Å². The molecule has 4 heteroatoms. The van der Waals surface area contributed by atoms with Crippen molar-refractivity contribution in [3.05, 3.63) is 35.4 Å². The first-order valence-electron chi connectivity index (χ1n) is 6.98. The molecule has 2 nitrogen and oxygen atoms in total. The third-order valence-electron chi connectivity index (χ3n) is 3.56. The predicted molar refractivity (Wildman–Crippen MR) is 77.8 cm³/mol. The molecule has 0 saturated carbocycles. The minimum Gasteiger partial charge on any atom is -0.383 e. The molecule has 0 radical (unpaired) electrons. The van der Waals surface area contributed by atoms with Gasteiger partial charge in [0.1, 0.15) is 0 Å². The number of benzene rings is 1. The average molecular weight is 285 g/mol. The molecule has 0 amide bonds. The molecule has 0 heterocycles. The van der Waals surface area contributed by atoms with Crippen LogP contribution in [-0.2, 0) is 11.2 Å². The molecule has 1 aromatic rings. The Morgan fingerprint density at radius 3 is 2.45 bits per heavy atom. The number of ether oxygens (including phenoxy) is 1. The summed E-state index contributed by atoms with van der Waals surface area (Å²) in [6, 6.07) is 4.15. The number of halogens is 2. The smallest absolute Gasteiger partial charge is 0.159 e. The maximum Gasteiger partial charge on any atom is 0.159 e. The Morgan fingerprint density at radius 1 is 1.20 bits per heavy atom. The monoisotopic (exact) mass is 285 g/mol. The summed E-state index contributed by atoms with van der Waals surface area (Å²) in [5.74, 6) is -1.23. The maximum atomic E-state index is 13.3. The predicted octanol–water partition coefficient (Wildman–Crippen LogP) is 3.41. The lowest BCUT2D eigenvalue weighted by Gasteiger charge is -2.31. The van der Waals surface area contributed by atoms with Crippen LogP contribution in [0.2, 0.25) is 0 Å². The SMILES string of the molecule is COCCNCC(Cc1ccc(F)c(F)c1)C(C)(C)C. The molecule has 0 spiro atoms. The van der Waals surface area contributed by atoms with E-state index in [0.29, 0.717) is 12.5 Å². The molecule has 0 bridgehead atoms.